The Balaban J connectivity index is 1.57. The summed E-state index contributed by atoms with van der Waals surface area (Å²) in [5.41, 5.74) is 2.93. The first-order valence-corrected chi connectivity index (χ1v) is 14.8. The zero-order valence-electron chi connectivity index (χ0n) is 24.2. The first-order chi connectivity index (χ1) is 17.3. The molecule has 0 heterocycles. The molecule has 0 saturated heterocycles. The zero-order valence-corrected chi connectivity index (χ0v) is 24.2. The Bertz CT molecular complexity index is 1090. The largest absolute Gasteiger partial charge is 0.389 e. The van der Waals surface area contributed by atoms with Gasteiger partial charge >= 0.3 is 0 Å². The summed E-state index contributed by atoms with van der Waals surface area (Å²) in [6.45, 7) is 13.2. The van der Waals surface area contributed by atoms with E-state index in [0.717, 1.165) is 38.5 Å². The SMILES string of the molecule is CC(C)N(C)c1ccc([C@H]2C[C@@]3(C)[C@@H](CC[C@@]3(O)C#CC(C)(C)C)[C@@H]3CCC4=CC(O)CC[C@@H]4[C@H]32)cc1. The molecule has 3 saturated carbocycles. The van der Waals surface area contributed by atoms with Crippen LogP contribution >= 0.6 is 0 Å². The van der Waals surface area contributed by atoms with Gasteiger partial charge in [0.1, 0.15) is 5.60 Å². The van der Waals surface area contributed by atoms with Crippen LogP contribution in [0.4, 0.5) is 5.69 Å². The lowest BCUT2D eigenvalue weighted by molar-refractivity contribution is -0.0966. The zero-order chi connectivity index (χ0) is 26.8. The maximum Gasteiger partial charge on any atom is 0.131 e. The number of fused-ring (bicyclic) bond motifs is 5. The molecule has 202 valence electrons. The summed E-state index contributed by atoms with van der Waals surface area (Å²) in [5, 5.41) is 22.6. The van der Waals surface area contributed by atoms with Crippen molar-refractivity contribution in [2.75, 3.05) is 11.9 Å². The number of anilines is 1. The Kier molecular flexibility index (Phi) is 6.86. The molecule has 3 heteroatoms. The van der Waals surface area contributed by atoms with E-state index in [0.29, 0.717) is 35.6 Å². The molecular formula is C34H49NO2. The van der Waals surface area contributed by atoms with E-state index in [1.807, 2.05) is 0 Å². The normalized spacial score (nSPS) is 39.1. The number of rotatable bonds is 3. The first-order valence-electron chi connectivity index (χ1n) is 14.8. The minimum Gasteiger partial charge on any atom is -0.389 e. The van der Waals surface area contributed by atoms with Crippen LogP contribution in [0, 0.1) is 46.3 Å². The van der Waals surface area contributed by atoms with Gasteiger partial charge in [-0.3, -0.25) is 0 Å². The number of aliphatic hydroxyl groups is 2. The van der Waals surface area contributed by atoms with E-state index in [1.54, 1.807) is 0 Å². The monoisotopic (exact) mass is 503 g/mol. The van der Waals surface area contributed by atoms with Gasteiger partial charge in [0.25, 0.3) is 0 Å². The van der Waals surface area contributed by atoms with Crippen LogP contribution in [0.25, 0.3) is 0 Å². The third-order valence-electron chi connectivity index (χ3n) is 10.7. The number of nitrogens with zero attached hydrogens (tertiary/aromatic N) is 1. The summed E-state index contributed by atoms with van der Waals surface area (Å²) < 4.78 is 0. The van der Waals surface area contributed by atoms with E-state index in [1.165, 1.54) is 23.2 Å². The van der Waals surface area contributed by atoms with Gasteiger partial charge in [0.05, 0.1) is 6.10 Å². The first kappa shape index (κ1) is 26.8. The van der Waals surface area contributed by atoms with Crippen molar-refractivity contribution in [1.82, 2.24) is 0 Å². The molecule has 0 amide bonds. The molecule has 4 aliphatic carbocycles. The van der Waals surface area contributed by atoms with Crippen molar-refractivity contribution >= 4 is 5.69 Å². The summed E-state index contributed by atoms with van der Waals surface area (Å²) in [7, 11) is 2.17. The second-order valence-electron chi connectivity index (χ2n) is 14.3. The quantitative estimate of drug-likeness (QED) is 0.347. The molecule has 4 aliphatic rings. The average molecular weight is 504 g/mol. The maximum absolute atomic E-state index is 12.2. The van der Waals surface area contributed by atoms with Gasteiger partial charge in [-0.1, -0.05) is 42.5 Å². The maximum atomic E-state index is 12.2. The molecule has 0 radical (unpaired) electrons. The van der Waals surface area contributed by atoms with Crippen molar-refractivity contribution in [2.45, 2.75) is 110 Å². The molecule has 1 unspecified atom stereocenters. The summed E-state index contributed by atoms with van der Waals surface area (Å²) >= 11 is 0. The van der Waals surface area contributed by atoms with Crippen molar-refractivity contribution in [3.8, 4) is 11.8 Å². The summed E-state index contributed by atoms with van der Waals surface area (Å²) in [6.07, 6.45) is 9.02. The Morgan fingerprint density at radius 1 is 1.03 bits per heavy atom. The number of hydrogen-bond donors (Lipinski definition) is 2. The molecule has 5 rings (SSSR count). The highest BCUT2D eigenvalue weighted by atomic mass is 16.3. The molecule has 3 nitrogen and oxygen atoms in total. The molecule has 3 fully saturated rings. The van der Waals surface area contributed by atoms with Crippen molar-refractivity contribution in [3.05, 3.63) is 41.5 Å². The highest BCUT2D eigenvalue weighted by Crippen LogP contribution is 2.68. The second-order valence-corrected chi connectivity index (χ2v) is 14.3. The summed E-state index contributed by atoms with van der Waals surface area (Å²) in [6, 6.07) is 9.78. The Morgan fingerprint density at radius 2 is 1.73 bits per heavy atom. The third-order valence-corrected chi connectivity index (χ3v) is 10.7. The van der Waals surface area contributed by atoms with Crippen molar-refractivity contribution in [2.24, 2.45) is 34.5 Å². The predicted molar refractivity (Wildman–Crippen MR) is 153 cm³/mol. The minimum absolute atomic E-state index is 0.119. The van der Waals surface area contributed by atoms with Gasteiger partial charge in [0, 0.05) is 29.6 Å². The Labute approximate surface area is 225 Å². The van der Waals surface area contributed by atoms with E-state index in [2.05, 4.69) is 95.7 Å². The Morgan fingerprint density at radius 3 is 2.38 bits per heavy atom. The highest BCUT2D eigenvalue weighted by Gasteiger charge is 2.64. The molecule has 0 aromatic heterocycles. The number of allylic oxidation sites excluding steroid dienone is 1. The molecule has 0 bridgehead atoms. The summed E-state index contributed by atoms with van der Waals surface area (Å²) in [4.78, 5) is 2.33. The van der Waals surface area contributed by atoms with Crippen LogP contribution in [-0.4, -0.2) is 35.0 Å². The van der Waals surface area contributed by atoms with Gasteiger partial charge in [-0.15, -0.1) is 0 Å². The van der Waals surface area contributed by atoms with Crippen molar-refractivity contribution in [1.29, 1.82) is 0 Å². The smallest absolute Gasteiger partial charge is 0.131 e. The number of benzene rings is 1. The van der Waals surface area contributed by atoms with Crippen molar-refractivity contribution in [3.63, 3.8) is 0 Å². The van der Waals surface area contributed by atoms with Gasteiger partial charge in [0.15, 0.2) is 0 Å². The second kappa shape index (κ2) is 9.46. The highest BCUT2D eigenvalue weighted by molar-refractivity contribution is 5.48. The van der Waals surface area contributed by atoms with E-state index in [9.17, 15) is 10.2 Å². The number of hydrogen-bond acceptors (Lipinski definition) is 3. The van der Waals surface area contributed by atoms with Crippen molar-refractivity contribution < 1.29 is 10.2 Å². The van der Waals surface area contributed by atoms with Gasteiger partial charge in [0.2, 0.25) is 0 Å². The minimum atomic E-state index is -0.926. The standard InChI is InChI=1S/C34H49NO2/c1-22(2)35(7)25-11-8-23(9-12-25)29-21-33(6)30(16-17-34(33,37)19-18-32(3,4)5)28-14-10-24-20-26(36)13-15-27(24)31(28)29/h8-9,11-12,20,22,26-31,36-37H,10,13-17,21H2,1-7H3/t26?,27-,28-,29+,30-,31+,33-,34+/m0/s1. The fraction of sp³-hybridized carbons (Fsp3) is 0.706. The third kappa shape index (κ3) is 4.68. The molecule has 0 aliphatic heterocycles. The average Bonchev–Trinajstić information content (AvgIpc) is 3.11. The lowest BCUT2D eigenvalue weighted by atomic mass is 9.46. The number of aliphatic hydroxyl groups excluding tert-OH is 1. The van der Waals surface area contributed by atoms with Gasteiger partial charge in [-0.05, 0) is 127 Å². The van der Waals surface area contributed by atoms with Crippen LogP contribution in [0.15, 0.2) is 35.9 Å². The molecule has 8 atom stereocenters. The Hall–Kier alpha value is -1.76. The lowest BCUT2D eigenvalue weighted by Gasteiger charge is -2.58. The van der Waals surface area contributed by atoms with E-state index >= 15 is 0 Å². The van der Waals surface area contributed by atoms with Crippen LogP contribution in [0.3, 0.4) is 0 Å². The van der Waals surface area contributed by atoms with E-state index in [4.69, 9.17) is 0 Å². The van der Waals surface area contributed by atoms with Crippen LogP contribution in [0.1, 0.15) is 98.0 Å². The topological polar surface area (TPSA) is 43.7 Å². The molecule has 37 heavy (non-hydrogen) atoms. The van der Waals surface area contributed by atoms with Crippen LogP contribution in [-0.2, 0) is 0 Å². The molecule has 0 spiro atoms. The van der Waals surface area contributed by atoms with Gasteiger partial charge in [-0.25, -0.2) is 0 Å². The van der Waals surface area contributed by atoms with E-state index < -0.39 is 5.60 Å². The van der Waals surface area contributed by atoms with E-state index in [-0.39, 0.29) is 16.9 Å². The molecule has 2 N–H and O–H groups in total. The van der Waals surface area contributed by atoms with Gasteiger partial charge in [-0.2, -0.15) is 0 Å². The van der Waals surface area contributed by atoms with Gasteiger partial charge < -0.3 is 15.1 Å². The lowest BCUT2D eigenvalue weighted by Crippen LogP contribution is -2.54. The fourth-order valence-electron chi connectivity index (χ4n) is 8.54. The predicted octanol–water partition coefficient (Wildman–Crippen LogP) is 6.94. The fourth-order valence-corrected chi connectivity index (χ4v) is 8.54. The summed E-state index contributed by atoms with van der Waals surface area (Å²) in [5.74, 6) is 9.53. The molecular weight excluding hydrogens is 454 g/mol. The van der Waals surface area contributed by atoms with Crippen LogP contribution < -0.4 is 4.90 Å². The van der Waals surface area contributed by atoms with Crippen LogP contribution in [0.5, 0.6) is 0 Å². The molecule has 1 aromatic carbocycles. The molecule has 1 aromatic rings. The van der Waals surface area contributed by atoms with Crippen LogP contribution in [0.2, 0.25) is 0 Å².